The first-order chi connectivity index (χ1) is 7.55. The molecule has 0 spiro atoms. The summed E-state index contributed by atoms with van der Waals surface area (Å²) in [6, 6.07) is 7.46. The Hall–Kier alpha value is -1.87. The van der Waals surface area contributed by atoms with Gasteiger partial charge < -0.3 is 14.7 Å². The first kappa shape index (κ1) is 11.6. The molecule has 5 heteroatoms. The van der Waals surface area contributed by atoms with Gasteiger partial charge in [-0.1, -0.05) is 4.47 Å². The average Bonchev–Trinajstić information content (AvgIpc) is 2.56. The predicted octanol–water partition coefficient (Wildman–Crippen LogP) is 2.68. The summed E-state index contributed by atoms with van der Waals surface area (Å²) >= 11 is 3.41. The summed E-state index contributed by atoms with van der Waals surface area (Å²) in [6.45, 7) is 1.88. The molecule has 17 heavy (non-hydrogen) atoms. The van der Waals surface area contributed by atoms with Gasteiger partial charge in [0.15, 0.2) is 0 Å². The fraction of sp³-hybridized carbons (Fsp3) is 0.417. The van der Waals surface area contributed by atoms with Gasteiger partial charge in [0.05, 0.1) is 11.9 Å². The van der Waals surface area contributed by atoms with Crippen LogP contribution < -0.4 is 0 Å². The third-order valence-electron chi connectivity index (χ3n) is 3.19. The molecular weight excluding hydrogens is 515 g/mol. The van der Waals surface area contributed by atoms with E-state index in [1.165, 1.54) is 0 Å². The van der Waals surface area contributed by atoms with Crippen LogP contribution >= 0.6 is 15.9 Å². The van der Waals surface area contributed by atoms with E-state index in [2.05, 4.69) is 31.5 Å². The van der Waals surface area contributed by atoms with E-state index in [-0.39, 0.29) is 0 Å². The molecule has 1 aliphatic carbocycles. The zero-order chi connectivity index (χ0) is 11.3. The predicted molar refractivity (Wildman–Crippen MR) is 65.2 cm³/mol. The number of halogens is 1. The Morgan fingerprint density at radius 2 is 2.29 bits per heavy atom. The standard InChI is InChI=1S/C12H12BrN2O.Cm/c1-12(16)5-9(6-12)15-7-14-10-4-8(13)2-3-11(10)15;/h2,4,7,9,16H,5-6H2,1H3;/q-1;. The quantitative estimate of drug-likeness (QED) is 0.580. The van der Waals surface area contributed by atoms with Crippen LogP contribution in [0.3, 0.4) is 0 Å². The molecule has 92 valence electrons. The van der Waals surface area contributed by atoms with Crippen LogP contribution in [0.4, 0.5) is 0 Å². The molecule has 0 amide bonds. The number of imidazole rings is 1. The minimum atomic E-state index is -0.503. The number of nitrogens with zero attached hydrogens (tertiary/aromatic N) is 2. The van der Waals surface area contributed by atoms with Gasteiger partial charge in [0.25, 0.3) is 0 Å². The van der Waals surface area contributed by atoms with Crippen molar-refractivity contribution in [2.24, 2.45) is 0 Å². The Labute approximate surface area is 102 Å². The minimum absolute atomic E-state index is 0. The molecule has 1 heterocycles. The first-order valence-corrected chi connectivity index (χ1v) is 6.11. The van der Waals surface area contributed by atoms with Gasteiger partial charge in [0.2, 0.25) is 0 Å². The average molecular weight is 527 g/mol. The second-order valence-corrected chi connectivity index (χ2v) is 5.68. The fourth-order valence-corrected chi connectivity index (χ4v) is 2.70. The van der Waals surface area contributed by atoms with Crippen molar-refractivity contribution in [1.29, 1.82) is 0 Å². The minimum Gasteiger partial charge on any atom is -0.390 e. The summed E-state index contributed by atoms with van der Waals surface area (Å²) in [5, 5.41) is 9.75. The van der Waals surface area contributed by atoms with Gasteiger partial charge >= 0.3 is 0 Å². The second-order valence-electron chi connectivity index (χ2n) is 4.76. The summed E-state index contributed by atoms with van der Waals surface area (Å²) in [7, 11) is 0. The van der Waals surface area contributed by atoms with Crippen LogP contribution in [-0.4, -0.2) is 20.3 Å². The topological polar surface area (TPSA) is 38.0 Å². The maximum atomic E-state index is 9.75. The van der Waals surface area contributed by atoms with Crippen LogP contribution in [0.2, 0.25) is 0 Å². The van der Waals surface area contributed by atoms with Crippen LogP contribution in [0.25, 0.3) is 11.0 Å². The number of hydrogen-bond donors (Lipinski definition) is 1. The first-order valence-electron chi connectivity index (χ1n) is 5.31. The van der Waals surface area contributed by atoms with E-state index in [1.54, 1.807) is 0 Å². The fourth-order valence-electron chi connectivity index (χ4n) is 2.37. The summed E-state index contributed by atoms with van der Waals surface area (Å²) in [5.41, 5.74) is 1.46. The molecule has 2 aromatic rings. The molecule has 1 saturated carbocycles. The molecular formula is C12H12BrCmN2O-. The third-order valence-corrected chi connectivity index (χ3v) is 3.65. The van der Waals surface area contributed by atoms with Gasteiger partial charge in [-0.05, 0) is 30.8 Å². The van der Waals surface area contributed by atoms with E-state index in [9.17, 15) is 5.11 Å². The molecule has 0 radical (unpaired) electrons. The molecule has 3 rings (SSSR count). The maximum absolute atomic E-state index is 9.75. The smallest absolute Gasteiger partial charge is 0.0801 e. The van der Waals surface area contributed by atoms with Crippen LogP contribution in [0.1, 0.15) is 25.8 Å². The van der Waals surface area contributed by atoms with Gasteiger partial charge in [0, 0.05) is 6.04 Å². The van der Waals surface area contributed by atoms with E-state index in [4.69, 9.17) is 0 Å². The summed E-state index contributed by atoms with van der Waals surface area (Å²) in [4.78, 5) is 4.35. The molecule has 1 aliphatic rings. The van der Waals surface area contributed by atoms with Gasteiger partial charge in [-0.3, -0.25) is 0 Å². The van der Waals surface area contributed by atoms with Gasteiger partial charge in [-0.15, -0.1) is 22.0 Å². The molecule has 3 nitrogen and oxygen atoms in total. The largest absolute Gasteiger partial charge is 0.390 e. The Bertz CT molecular complexity index is 544. The summed E-state index contributed by atoms with van der Waals surface area (Å²) < 4.78 is 3.10. The molecule has 0 atom stereocenters. The van der Waals surface area contributed by atoms with Gasteiger partial charge in [0.1, 0.15) is 0 Å². The molecule has 1 fully saturated rings. The van der Waals surface area contributed by atoms with Crippen LogP contribution in [0.5, 0.6) is 0 Å². The monoisotopic (exact) mass is 522 g/mol. The molecule has 0 aliphatic heterocycles. The number of aromatic nitrogens is 2. The van der Waals surface area contributed by atoms with Crippen molar-refractivity contribution in [3.05, 3.63) is 29.0 Å². The molecule has 0 saturated heterocycles. The van der Waals surface area contributed by atoms with Crippen molar-refractivity contribution >= 4 is 27.0 Å². The van der Waals surface area contributed by atoms with Crippen molar-refractivity contribution < 1.29 is 5.11 Å². The van der Waals surface area contributed by atoms with Crippen molar-refractivity contribution in [3.8, 4) is 0 Å². The van der Waals surface area contributed by atoms with Gasteiger partial charge in [-0.25, -0.2) is 0 Å². The van der Waals surface area contributed by atoms with Crippen molar-refractivity contribution in [2.75, 3.05) is 0 Å². The zero-order valence-electron chi connectivity index (χ0n) is 9.30. The molecule has 1 aromatic carbocycles. The number of hydrogen-bond acceptors (Lipinski definition) is 2. The molecule has 0 bridgehead atoms. The van der Waals surface area contributed by atoms with Crippen molar-refractivity contribution in [2.45, 2.75) is 31.4 Å². The van der Waals surface area contributed by atoms with E-state index >= 15 is 0 Å². The zero-order valence-corrected chi connectivity index (χ0v) is 13.8. The van der Waals surface area contributed by atoms with Crippen LogP contribution in [0.15, 0.2) is 22.9 Å². The van der Waals surface area contributed by atoms with Crippen LogP contribution in [0, 0.1) is 6.07 Å². The summed E-state index contributed by atoms with van der Waals surface area (Å²) in [6.07, 6.45) is 3.43. The van der Waals surface area contributed by atoms with E-state index in [0.29, 0.717) is 6.04 Å². The SMILES string of the molecule is CC1(O)CC(n2cnc3cc(Br)c[c-]c32)C1.[Cm]. The van der Waals surface area contributed by atoms with Crippen molar-refractivity contribution in [1.82, 2.24) is 9.55 Å². The van der Waals surface area contributed by atoms with Gasteiger partial charge in [-0.2, -0.15) is 12.1 Å². The Morgan fingerprint density at radius 1 is 1.59 bits per heavy atom. The molecule has 1 aromatic heterocycles. The van der Waals surface area contributed by atoms with E-state index in [0.717, 1.165) is 28.3 Å². The van der Waals surface area contributed by atoms with Crippen LogP contribution in [-0.2, 0) is 0 Å². The summed E-state index contributed by atoms with van der Waals surface area (Å²) in [5.74, 6) is 0. The number of rotatable bonds is 1. The Balaban J connectivity index is 0.00000108. The molecule has 1 N–H and O–H groups in total. The Morgan fingerprint density at radius 3 is 2.94 bits per heavy atom. The maximum Gasteiger partial charge on any atom is 0.0801 e. The Kier molecular flexibility index (Phi) is 2.44. The number of benzene rings is 1. The number of fused-ring (bicyclic) bond motifs is 1. The normalized spacial score (nSPS) is 27.6. The van der Waals surface area contributed by atoms with E-state index in [1.807, 2.05) is 25.4 Å². The molecule has 0 unspecified atom stereocenters. The van der Waals surface area contributed by atoms with Crippen molar-refractivity contribution in [3.63, 3.8) is 0 Å². The second kappa shape index (κ2) is 3.57. The number of aliphatic hydroxyl groups is 1. The van der Waals surface area contributed by atoms with E-state index < -0.39 is 5.60 Å². The third kappa shape index (κ3) is 1.78.